The Kier molecular flexibility index (Phi) is 4.07. The lowest BCUT2D eigenvalue weighted by molar-refractivity contribution is 0.251. The number of pyridine rings is 1. The molecule has 2 atom stereocenters. The molecule has 0 amide bonds. The van der Waals surface area contributed by atoms with Crippen LogP contribution in [0.2, 0.25) is 0 Å². The number of nitrogens with one attached hydrogen (secondary N) is 1. The second-order valence-corrected chi connectivity index (χ2v) is 4.82. The quantitative estimate of drug-likeness (QED) is 0.866. The Labute approximate surface area is 102 Å². The van der Waals surface area contributed by atoms with Crippen LogP contribution in [-0.4, -0.2) is 36.6 Å². The molecule has 1 aromatic rings. The number of nitrogens with zero attached hydrogens (tertiary/aromatic N) is 2. The van der Waals surface area contributed by atoms with Crippen molar-refractivity contribution in [2.75, 3.05) is 26.7 Å². The van der Waals surface area contributed by atoms with E-state index in [4.69, 9.17) is 0 Å². The first kappa shape index (κ1) is 12.5. The molecule has 1 aromatic heterocycles. The molecule has 0 radical (unpaired) electrons. The van der Waals surface area contributed by atoms with E-state index in [1.165, 1.54) is 12.6 Å². The maximum Gasteiger partial charge on any atom is 0.141 e. The molecule has 2 rings (SSSR count). The van der Waals surface area contributed by atoms with Gasteiger partial charge in [-0.3, -0.25) is 9.88 Å². The molecule has 2 unspecified atom stereocenters. The number of aromatic nitrogens is 1. The number of likely N-dealkylation sites (tertiary alicyclic amines) is 1. The van der Waals surface area contributed by atoms with Crippen LogP contribution in [0.1, 0.15) is 24.9 Å². The van der Waals surface area contributed by atoms with Crippen LogP contribution in [0.3, 0.4) is 0 Å². The predicted octanol–water partition coefficient (Wildman–Crippen LogP) is 1.82. The molecule has 1 fully saturated rings. The van der Waals surface area contributed by atoms with Gasteiger partial charge in [-0.25, -0.2) is 4.39 Å². The van der Waals surface area contributed by atoms with Gasteiger partial charge in [0.05, 0.1) is 6.20 Å². The molecule has 1 N–H and O–H groups in total. The van der Waals surface area contributed by atoms with E-state index >= 15 is 0 Å². The molecule has 1 aliphatic heterocycles. The molecule has 17 heavy (non-hydrogen) atoms. The van der Waals surface area contributed by atoms with Crippen molar-refractivity contribution in [2.24, 2.45) is 5.92 Å². The lowest BCUT2D eigenvalue weighted by Crippen LogP contribution is -2.27. The van der Waals surface area contributed by atoms with Gasteiger partial charge in [-0.05, 0) is 51.0 Å². The fraction of sp³-hybridized carbons (Fsp3) is 0.615. The monoisotopic (exact) mass is 237 g/mol. The topological polar surface area (TPSA) is 28.2 Å². The third kappa shape index (κ3) is 3.01. The minimum Gasteiger partial charge on any atom is -0.319 e. The largest absolute Gasteiger partial charge is 0.319 e. The summed E-state index contributed by atoms with van der Waals surface area (Å²) < 4.78 is 13.1. The molecule has 0 spiro atoms. The summed E-state index contributed by atoms with van der Waals surface area (Å²) in [5.74, 6) is 0.462. The van der Waals surface area contributed by atoms with Crippen molar-refractivity contribution in [2.45, 2.75) is 19.4 Å². The number of hydrogen-bond acceptors (Lipinski definition) is 3. The van der Waals surface area contributed by atoms with Crippen LogP contribution in [0.15, 0.2) is 18.5 Å². The normalized spacial score (nSPS) is 22.9. The molecule has 0 aromatic carbocycles. The summed E-state index contributed by atoms with van der Waals surface area (Å²) in [6, 6.07) is 1.84. The van der Waals surface area contributed by atoms with Crippen molar-refractivity contribution >= 4 is 0 Å². The first-order valence-electron chi connectivity index (χ1n) is 6.20. The minimum absolute atomic E-state index is 0.250. The fourth-order valence-corrected chi connectivity index (χ4v) is 2.54. The van der Waals surface area contributed by atoms with Gasteiger partial charge in [0.25, 0.3) is 0 Å². The van der Waals surface area contributed by atoms with Crippen LogP contribution in [0.4, 0.5) is 4.39 Å². The van der Waals surface area contributed by atoms with Gasteiger partial charge in [-0.1, -0.05) is 0 Å². The van der Waals surface area contributed by atoms with E-state index in [1.807, 2.05) is 7.05 Å². The molecule has 0 bridgehead atoms. The standard InChI is InChI=1S/C13H20FN3/c1-10(12-5-13(14)8-16-7-12)17-4-3-11(9-17)6-15-2/h5,7-8,10-11,15H,3-4,6,9H2,1-2H3. The van der Waals surface area contributed by atoms with Crippen molar-refractivity contribution in [1.82, 2.24) is 15.2 Å². The Morgan fingerprint density at radius 1 is 1.59 bits per heavy atom. The number of rotatable bonds is 4. The first-order chi connectivity index (χ1) is 8.20. The molecular weight excluding hydrogens is 217 g/mol. The van der Waals surface area contributed by atoms with Crippen molar-refractivity contribution < 1.29 is 4.39 Å². The van der Waals surface area contributed by atoms with Crippen molar-refractivity contribution in [1.29, 1.82) is 0 Å². The summed E-state index contributed by atoms with van der Waals surface area (Å²) in [5.41, 5.74) is 0.968. The molecule has 1 saturated heterocycles. The first-order valence-corrected chi connectivity index (χ1v) is 6.20. The van der Waals surface area contributed by atoms with Gasteiger partial charge in [-0.15, -0.1) is 0 Å². The van der Waals surface area contributed by atoms with E-state index in [9.17, 15) is 4.39 Å². The fourth-order valence-electron chi connectivity index (χ4n) is 2.54. The smallest absolute Gasteiger partial charge is 0.141 e. The minimum atomic E-state index is -0.250. The van der Waals surface area contributed by atoms with Gasteiger partial charge in [0.1, 0.15) is 5.82 Å². The van der Waals surface area contributed by atoms with Crippen molar-refractivity contribution in [3.63, 3.8) is 0 Å². The molecule has 2 heterocycles. The van der Waals surface area contributed by atoms with Gasteiger partial charge < -0.3 is 5.32 Å². The summed E-state index contributed by atoms with van der Waals surface area (Å²) in [4.78, 5) is 6.32. The second-order valence-electron chi connectivity index (χ2n) is 4.82. The van der Waals surface area contributed by atoms with E-state index in [0.717, 1.165) is 25.2 Å². The molecule has 0 aliphatic carbocycles. The SMILES string of the molecule is CNCC1CCN(C(C)c2cncc(F)c2)C1. The van der Waals surface area contributed by atoms with Gasteiger partial charge >= 0.3 is 0 Å². The van der Waals surface area contributed by atoms with E-state index in [2.05, 4.69) is 22.1 Å². The maximum atomic E-state index is 13.1. The van der Waals surface area contributed by atoms with Gasteiger partial charge in [0, 0.05) is 18.8 Å². The van der Waals surface area contributed by atoms with Crippen LogP contribution in [0.25, 0.3) is 0 Å². The highest BCUT2D eigenvalue weighted by Gasteiger charge is 2.26. The van der Waals surface area contributed by atoms with Gasteiger partial charge in [0.2, 0.25) is 0 Å². The van der Waals surface area contributed by atoms with Crippen LogP contribution in [0.5, 0.6) is 0 Å². The molecule has 94 valence electrons. The van der Waals surface area contributed by atoms with Crippen LogP contribution in [0, 0.1) is 11.7 Å². The highest BCUT2D eigenvalue weighted by molar-refractivity contribution is 5.14. The summed E-state index contributed by atoms with van der Waals surface area (Å²) in [6.07, 6.45) is 4.23. The Hall–Kier alpha value is -1.00. The zero-order chi connectivity index (χ0) is 12.3. The summed E-state index contributed by atoms with van der Waals surface area (Å²) in [7, 11) is 1.99. The Bertz CT molecular complexity index is 369. The van der Waals surface area contributed by atoms with E-state index in [1.54, 1.807) is 12.3 Å². The third-order valence-corrected chi connectivity index (χ3v) is 3.57. The van der Waals surface area contributed by atoms with E-state index in [0.29, 0.717) is 5.92 Å². The molecule has 1 aliphatic rings. The number of hydrogen-bond donors (Lipinski definition) is 1. The summed E-state index contributed by atoms with van der Waals surface area (Å²) >= 11 is 0. The zero-order valence-electron chi connectivity index (χ0n) is 10.5. The average molecular weight is 237 g/mol. The third-order valence-electron chi connectivity index (χ3n) is 3.57. The molecule has 4 heteroatoms. The number of halogens is 1. The van der Waals surface area contributed by atoms with E-state index in [-0.39, 0.29) is 11.9 Å². The Balaban J connectivity index is 1.99. The molecule has 0 saturated carbocycles. The molecule has 3 nitrogen and oxygen atoms in total. The predicted molar refractivity (Wildman–Crippen MR) is 66.2 cm³/mol. The van der Waals surface area contributed by atoms with Crippen LogP contribution >= 0.6 is 0 Å². The molecular formula is C13H20FN3. The summed E-state index contributed by atoms with van der Waals surface area (Å²) in [5, 5.41) is 3.22. The zero-order valence-corrected chi connectivity index (χ0v) is 10.5. The lowest BCUT2D eigenvalue weighted by atomic mass is 10.1. The Morgan fingerprint density at radius 2 is 2.41 bits per heavy atom. The highest BCUT2D eigenvalue weighted by Crippen LogP contribution is 2.26. The van der Waals surface area contributed by atoms with Gasteiger partial charge in [-0.2, -0.15) is 0 Å². The Morgan fingerprint density at radius 3 is 3.12 bits per heavy atom. The lowest BCUT2D eigenvalue weighted by Gasteiger charge is -2.24. The van der Waals surface area contributed by atoms with E-state index < -0.39 is 0 Å². The highest BCUT2D eigenvalue weighted by atomic mass is 19.1. The summed E-state index contributed by atoms with van der Waals surface area (Å²) in [6.45, 7) is 5.35. The second kappa shape index (κ2) is 5.56. The van der Waals surface area contributed by atoms with Crippen molar-refractivity contribution in [3.05, 3.63) is 29.8 Å². The van der Waals surface area contributed by atoms with Crippen LogP contribution < -0.4 is 5.32 Å². The van der Waals surface area contributed by atoms with Gasteiger partial charge in [0.15, 0.2) is 0 Å². The van der Waals surface area contributed by atoms with Crippen LogP contribution in [-0.2, 0) is 0 Å². The maximum absolute atomic E-state index is 13.1. The average Bonchev–Trinajstić information content (AvgIpc) is 2.77. The van der Waals surface area contributed by atoms with Crippen molar-refractivity contribution in [3.8, 4) is 0 Å².